The van der Waals surface area contributed by atoms with E-state index >= 15 is 0 Å². The summed E-state index contributed by atoms with van der Waals surface area (Å²) in [6.07, 6.45) is 0.0388. The predicted octanol–water partition coefficient (Wildman–Crippen LogP) is 2.38. The molecule has 0 bridgehead atoms. The summed E-state index contributed by atoms with van der Waals surface area (Å²) in [4.78, 5) is 23.9. The zero-order valence-corrected chi connectivity index (χ0v) is 13.3. The van der Waals surface area contributed by atoms with Gasteiger partial charge in [0.2, 0.25) is 0 Å². The summed E-state index contributed by atoms with van der Waals surface area (Å²) in [7, 11) is 0. The Morgan fingerprint density at radius 2 is 1.80 bits per heavy atom. The minimum atomic E-state index is -1.05. The maximum absolute atomic E-state index is 11.9. The molecule has 0 aliphatic heterocycles. The Morgan fingerprint density at radius 1 is 1.16 bits per heavy atom. The highest BCUT2D eigenvalue weighted by Gasteiger charge is 2.12. The molecule has 0 unspecified atom stereocenters. The van der Waals surface area contributed by atoms with E-state index in [4.69, 9.17) is 11.6 Å². The topological polar surface area (TPSA) is 142 Å². The summed E-state index contributed by atoms with van der Waals surface area (Å²) in [6.45, 7) is -0.141. The van der Waals surface area contributed by atoms with Gasteiger partial charge in [-0.15, -0.1) is 0 Å². The molecule has 10 heteroatoms. The van der Waals surface area contributed by atoms with E-state index in [9.17, 15) is 30.4 Å². The number of aliphatic hydroxyl groups is 1. The lowest BCUT2D eigenvalue weighted by molar-refractivity contribution is -0.398. The molecule has 0 saturated carbocycles. The first-order chi connectivity index (χ1) is 11.8. The van der Waals surface area contributed by atoms with Crippen LogP contribution in [0.5, 0.6) is 5.75 Å². The van der Waals surface area contributed by atoms with Gasteiger partial charge in [-0.3, -0.25) is 25.2 Å². The van der Waals surface area contributed by atoms with E-state index in [1.165, 1.54) is 30.3 Å². The molecule has 0 aromatic heterocycles. The minimum absolute atomic E-state index is 0.0173. The second-order valence-corrected chi connectivity index (χ2v) is 5.40. The zero-order chi connectivity index (χ0) is 18.6. The number of nitro benzene ring substituents is 2. The number of benzene rings is 2. The molecular formula is C15H11ClN3O6-. The van der Waals surface area contributed by atoms with Gasteiger partial charge in [-0.1, -0.05) is 11.6 Å². The molecule has 9 nitrogen and oxygen atoms in total. The van der Waals surface area contributed by atoms with E-state index in [-0.39, 0.29) is 22.8 Å². The quantitative estimate of drug-likeness (QED) is 0.473. The average molecular weight is 365 g/mol. The van der Waals surface area contributed by atoms with Gasteiger partial charge in [0.25, 0.3) is 11.4 Å². The normalized spacial score (nSPS) is 12.2. The standard InChI is InChI=1S/C15H12ClN3O6/c16-11-5-10(15(21)13(6-11)19(24)25)7-17-8-14(20)9-1-3-12(4-2-9)18(22)23/h1-7,14,20-21H,8H2/p-1/t14-/m0/s1. The molecule has 0 fully saturated rings. The zero-order valence-electron chi connectivity index (χ0n) is 12.5. The molecule has 0 radical (unpaired) electrons. The molecule has 1 atom stereocenters. The highest BCUT2D eigenvalue weighted by Crippen LogP contribution is 2.30. The third kappa shape index (κ3) is 4.49. The van der Waals surface area contributed by atoms with Gasteiger partial charge in [0.15, 0.2) is 0 Å². The number of hydrogen-bond acceptors (Lipinski definition) is 7. The SMILES string of the molecule is O=[N+]([O-])c1ccc([C@@H](O)CN=Cc2cc(Cl)cc([N+](=O)[O-])c2[O-])cc1. The van der Waals surface area contributed by atoms with Crippen molar-refractivity contribution in [3.05, 3.63) is 72.8 Å². The maximum Gasteiger partial charge on any atom is 0.269 e. The van der Waals surface area contributed by atoms with E-state index in [2.05, 4.69) is 4.99 Å². The summed E-state index contributed by atoms with van der Waals surface area (Å²) < 4.78 is 0. The van der Waals surface area contributed by atoms with Gasteiger partial charge in [0.1, 0.15) is 0 Å². The lowest BCUT2D eigenvalue weighted by Crippen LogP contribution is -2.04. The summed E-state index contributed by atoms with van der Waals surface area (Å²) in [6, 6.07) is 7.46. The van der Waals surface area contributed by atoms with E-state index in [0.29, 0.717) is 5.56 Å². The highest BCUT2D eigenvalue weighted by atomic mass is 35.5. The van der Waals surface area contributed by atoms with Crippen molar-refractivity contribution in [2.24, 2.45) is 4.99 Å². The van der Waals surface area contributed by atoms with Crippen molar-refractivity contribution in [1.82, 2.24) is 0 Å². The summed E-state index contributed by atoms with van der Waals surface area (Å²) in [5.74, 6) is -0.831. The summed E-state index contributed by atoms with van der Waals surface area (Å²) in [5.41, 5.74) is -0.441. The van der Waals surface area contributed by atoms with Crippen molar-refractivity contribution in [3.8, 4) is 5.75 Å². The van der Waals surface area contributed by atoms with Crippen LogP contribution in [-0.2, 0) is 0 Å². The Bertz CT molecular complexity index is 838. The first kappa shape index (κ1) is 18.3. The number of non-ortho nitro benzene ring substituents is 1. The fourth-order valence-corrected chi connectivity index (χ4v) is 2.23. The molecule has 2 rings (SSSR count). The lowest BCUT2D eigenvalue weighted by atomic mass is 10.1. The van der Waals surface area contributed by atoms with Gasteiger partial charge in [-0.25, -0.2) is 0 Å². The van der Waals surface area contributed by atoms with Crippen LogP contribution < -0.4 is 5.11 Å². The van der Waals surface area contributed by atoms with Crippen LogP contribution in [0, 0.1) is 20.2 Å². The van der Waals surface area contributed by atoms with Crippen molar-refractivity contribution in [3.63, 3.8) is 0 Å². The van der Waals surface area contributed by atoms with Gasteiger partial charge in [0, 0.05) is 29.4 Å². The van der Waals surface area contributed by atoms with Gasteiger partial charge >= 0.3 is 0 Å². The number of aliphatic hydroxyl groups excluding tert-OH is 1. The van der Waals surface area contributed by atoms with Crippen LogP contribution in [0.3, 0.4) is 0 Å². The number of halogens is 1. The van der Waals surface area contributed by atoms with Gasteiger partial charge in [-0.2, -0.15) is 0 Å². The van der Waals surface area contributed by atoms with Crippen molar-refractivity contribution >= 4 is 29.2 Å². The Labute approximate surface area is 146 Å². The Morgan fingerprint density at radius 3 is 2.36 bits per heavy atom. The van der Waals surface area contributed by atoms with E-state index in [1.807, 2.05) is 0 Å². The van der Waals surface area contributed by atoms with Crippen molar-refractivity contribution in [2.75, 3.05) is 6.54 Å². The van der Waals surface area contributed by atoms with Crippen molar-refractivity contribution in [1.29, 1.82) is 0 Å². The molecule has 0 spiro atoms. The van der Waals surface area contributed by atoms with Gasteiger partial charge in [0.05, 0.1) is 22.5 Å². The van der Waals surface area contributed by atoms with E-state index in [0.717, 1.165) is 12.3 Å². The first-order valence-corrected chi connectivity index (χ1v) is 7.24. The van der Waals surface area contributed by atoms with Gasteiger partial charge in [-0.05, 0) is 35.1 Å². The molecule has 0 amide bonds. The number of nitro groups is 2. The van der Waals surface area contributed by atoms with E-state index in [1.54, 1.807) is 0 Å². The fourth-order valence-electron chi connectivity index (χ4n) is 2.01. The smallest absolute Gasteiger partial charge is 0.269 e. The third-order valence-electron chi connectivity index (χ3n) is 3.26. The molecule has 0 heterocycles. The van der Waals surface area contributed by atoms with Crippen LogP contribution in [0.4, 0.5) is 11.4 Å². The summed E-state index contributed by atoms with van der Waals surface area (Å²) >= 11 is 5.73. The highest BCUT2D eigenvalue weighted by molar-refractivity contribution is 6.31. The monoisotopic (exact) mass is 364 g/mol. The first-order valence-electron chi connectivity index (χ1n) is 6.86. The molecule has 1 N–H and O–H groups in total. The van der Waals surface area contributed by atoms with E-state index < -0.39 is 27.4 Å². The van der Waals surface area contributed by atoms with Gasteiger partial charge < -0.3 is 10.2 Å². The number of hydrogen-bond donors (Lipinski definition) is 1. The van der Waals surface area contributed by atoms with Crippen LogP contribution in [0.2, 0.25) is 5.02 Å². The summed E-state index contributed by atoms with van der Waals surface area (Å²) in [5, 5.41) is 43.3. The molecule has 2 aromatic carbocycles. The van der Waals surface area contributed by atoms with Crippen molar-refractivity contribution < 1.29 is 20.1 Å². The lowest BCUT2D eigenvalue weighted by Gasteiger charge is -2.11. The molecule has 0 aliphatic rings. The second-order valence-electron chi connectivity index (χ2n) is 4.96. The molecule has 2 aromatic rings. The number of aliphatic imine (C=N–C) groups is 1. The molecule has 25 heavy (non-hydrogen) atoms. The van der Waals surface area contributed by atoms with Crippen LogP contribution in [0.25, 0.3) is 0 Å². The van der Waals surface area contributed by atoms with Crippen LogP contribution in [0.1, 0.15) is 17.2 Å². The average Bonchev–Trinajstić information content (AvgIpc) is 2.57. The van der Waals surface area contributed by atoms with Crippen LogP contribution >= 0.6 is 11.6 Å². The third-order valence-corrected chi connectivity index (χ3v) is 3.48. The Kier molecular flexibility index (Phi) is 5.63. The fraction of sp³-hybridized carbons (Fsp3) is 0.133. The predicted molar refractivity (Wildman–Crippen MR) is 88.1 cm³/mol. The van der Waals surface area contributed by atoms with Crippen LogP contribution in [-0.4, -0.2) is 27.7 Å². The molecular weight excluding hydrogens is 354 g/mol. The number of nitrogens with zero attached hydrogens (tertiary/aromatic N) is 3. The molecule has 130 valence electrons. The number of rotatable bonds is 6. The van der Waals surface area contributed by atoms with Crippen molar-refractivity contribution in [2.45, 2.75) is 6.10 Å². The Hall–Kier alpha value is -3.04. The largest absolute Gasteiger partial charge is 0.867 e. The molecule has 0 aliphatic carbocycles. The van der Waals surface area contributed by atoms with Crippen LogP contribution in [0.15, 0.2) is 41.4 Å². The molecule has 0 saturated heterocycles. The maximum atomic E-state index is 11.9. The second kappa shape index (κ2) is 7.69. The Balaban J connectivity index is 2.12. The minimum Gasteiger partial charge on any atom is -0.867 e.